The summed E-state index contributed by atoms with van der Waals surface area (Å²) >= 11 is 1.38. The largest absolute Gasteiger partial charge is 0.497 e. The number of methoxy groups -OCH3 is 1. The molecule has 0 spiro atoms. The van der Waals surface area contributed by atoms with Gasteiger partial charge in [0.15, 0.2) is 11.2 Å². The van der Waals surface area contributed by atoms with Gasteiger partial charge in [0.2, 0.25) is 0 Å². The van der Waals surface area contributed by atoms with Crippen molar-refractivity contribution < 1.29 is 14.3 Å². The number of thiazole rings is 1. The Labute approximate surface area is 175 Å². The number of nitrogens with one attached hydrogen (secondary N) is 1. The van der Waals surface area contributed by atoms with E-state index in [9.17, 15) is 4.79 Å². The normalized spacial score (nSPS) is 12.3. The maximum atomic E-state index is 12.5. The van der Waals surface area contributed by atoms with Crippen molar-refractivity contribution in [3.8, 4) is 22.8 Å². The molecule has 5 nitrogen and oxygen atoms in total. The van der Waals surface area contributed by atoms with E-state index in [-0.39, 0.29) is 11.3 Å². The van der Waals surface area contributed by atoms with Crippen molar-refractivity contribution in [2.45, 2.75) is 39.2 Å². The topological polar surface area (TPSA) is 60.5 Å². The molecule has 1 unspecified atom stereocenters. The molecule has 0 bridgehead atoms. The van der Waals surface area contributed by atoms with Gasteiger partial charge in [-0.1, -0.05) is 32.9 Å². The first-order valence-corrected chi connectivity index (χ1v) is 10.3. The van der Waals surface area contributed by atoms with Gasteiger partial charge in [0.05, 0.1) is 12.8 Å². The lowest BCUT2D eigenvalue weighted by Crippen LogP contribution is -2.30. The number of rotatable bonds is 6. The number of benzene rings is 2. The quantitative estimate of drug-likeness (QED) is 0.581. The highest BCUT2D eigenvalue weighted by Gasteiger charge is 2.18. The smallest absolute Gasteiger partial charge is 0.266 e. The summed E-state index contributed by atoms with van der Waals surface area (Å²) in [6, 6.07) is 15.5. The van der Waals surface area contributed by atoms with Crippen molar-refractivity contribution in [3.63, 3.8) is 0 Å². The minimum atomic E-state index is -0.635. The lowest BCUT2D eigenvalue weighted by Gasteiger charge is -2.20. The number of hydrogen-bond donors (Lipinski definition) is 1. The standard InChI is InChI=1S/C23H26N2O3S/c1-15(28-19-12-8-17(9-13-19)23(2,3)4)21(26)25-22-24-20(14-29-22)16-6-10-18(27-5)11-7-16/h6-15H,1-5H3,(H,24,25,26). The number of nitrogens with zero attached hydrogens (tertiary/aromatic N) is 1. The van der Waals surface area contributed by atoms with Crippen LogP contribution in [0.25, 0.3) is 11.3 Å². The number of anilines is 1. The van der Waals surface area contributed by atoms with Gasteiger partial charge in [0.1, 0.15) is 11.5 Å². The van der Waals surface area contributed by atoms with Crippen molar-refractivity contribution in [2.75, 3.05) is 12.4 Å². The van der Waals surface area contributed by atoms with Gasteiger partial charge in [0, 0.05) is 10.9 Å². The number of ether oxygens (including phenoxy) is 2. The Morgan fingerprint density at radius 1 is 1.03 bits per heavy atom. The molecule has 3 aromatic rings. The molecule has 6 heteroatoms. The molecule has 152 valence electrons. The fraction of sp³-hybridized carbons (Fsp3) is 0.304. The van der Waals surface area contributed by atoms with Crippen LogP contribution in [0.2, 0.25) is 0 Å². The molecule has 0 aliphatic rings. The molecule has 1 aromatic heterocycles. The lowest BCUT2D eigenvalue weighted by molar-refractivity contribution is -0.122. The van der Waals surface area contributed by atoms with E-state index in [4.69, 9.17) is 9.47 Å². The summed E-state index contributed by atoms with van der Waals surface area (Å²) in [5, 5.41) is 5.28. The number of carbonyl (C=O) groups excluding carboxylic acids is 1. The van der Waals surface area contributed by atoms with Crippen LogP contribution in [0.3, 0.4) is 0 Å². The summed E-state index contributed by atoms with van der Waals surface area (Å²) in [6.07, 6.45) is -0.635. The number of amides is 1. The first-order chi connectivity index (χ1) is 13.8. The molecule has 0 radical (unpaired) electrons. The van der Waals surface area contributed by atoms with Crippen LogP contribution in [-0.4, -0.2) is 24.1 Å². The van der Waals surface area contributed by atoms with Crippen LogP contribution in [0.15, 0.2) is 53.9 Å². The third-order valence-electron chi connectivity index (χ3n) is 4.52. The van der Waals surface area contributed by atoms with Gasteiger partial charge >= 0.3 is 0 Å². The zero-order valence-electron chi connectivity index (χ0n) is 17.4. The summed E-state index contributed by atoms with van der Waals surface area (Å²) in [5.41, 5.74) is 3.06. The van der Waals surface area contributed by atoms with E-state index in [1.54, 1.807) is 14.0 Å². The van der Waals surface area contributed by atoms with Crippen LogP contribution in [0, 0.1) is 0 Å². The van der Waals surface area contributed by atoms with E-state index in [1.165, 1.54) is 16.9 Å². The molecule has 1 N–H and O–H groups in total. The average Bonchev–Trinajstić information content (AvgIpc) is 3.16. The Morgan fingerprint density at radius 2 is 1.66 bits per heavy atom. The van der Waals surface area contributed by atoms with Crippen LogP contribution in [0.5, 0.6) is 11.5 Å². The van der Waals surface area contributed by atoms with Gasteiger partial charge in [-0.2, -0.15) is 0 Å². The van der Waals surface area contributed by atoms with Crippen molar-refractivity contribution in [2.24, 2.45) is 0 Å². The second-order valence-corrected chi connectivity index (χ2v) is 8.65. The molecular weight excluding hydrogens is 384 g/mol. The van der Waals surface area contributed by atoms with Crippen LogP contribution in [0.1, 0.15) is 33.3 Å². The molecule has 1 amide bonds. The van der Waals surface area contributed by atoms with E-state index in [2.05, 4.69) is 31.1 Å². The predicted molar refractivity (Wildman–Crippen MR) is 118 cm³/mol. The Morgan fingerprint density at radius 3 is 2.24 bits per heavy atom. The van der Waals surface area contributed by atoms with Crippen molar-refractivity contribution >= 4 is 22.4 Å². The van der Waals surface area contributed by atoms with E-state index in [0.29, 0.717) is 10.9 Å². The molecular formula is C23H26N2O3S. The van der Waals surface area contributed by atoms with Crippen LogP contribution in [-0.2, 0) is 10.2 Å². The summed E-state index contributed by atoms with van der Waals surface area (Å²) in [7, 11) is 1.63. The molecule has 3 rings (SSSR count). The molecule has 1 heterocycles. The second-order valence-electron chi connectivity index (χ2n) is 7.79. The van der Waals surface area contributed by atoms with E-state index in [1.807, 2.05) is 53.9 Å². The summed E-state index contributed by atoms with van der Waals surface area (Å²) in [4.78, 5) is 17.0. The second kappa shape index (κ2) is 8.66. The Bertz CT molecular complexity index is 957. The molecule has 0 fully saturated rings. The van der Waals surface area contributed by atoms with Crippen LogP contribution >= 0.6 is 11.3 Å². The third kappa shape index (κ3) is 5.35. The first kappa shape index (κ1) is 20.9. The van der Waals surface area contributed by atoms with E-state index < -0.39 is 6.10 Å². The van der Waals surface area contributed by atoms with Gasteiger partial charge in [0.25, 0.3) is 5.91 Å². The number of carbonyl (C=O) groups is 1. The third-order valence-corrected chi connectivity index (χ3v) is 5.28. The summed E-state index contributed by atoms with van der Waals surface area (Å²) in [5.74, 6) is 1.22. The fourth-order valence-electron chi connectivity index (χ4n) is 2.72. The molecule has 0 aliphatic heterocycles. The first-order valence-electron chi connectivity index (χ1n) is 9.44. The summed E-state index contributed by atoms with van der Waals surface area (Å²) < 4.78 is 11.0. The van der Waals surface area contributed by atoms with Gasteiger partial charge in [-0.3, -0.25) is 10.1 Å². The monoisotopic (exact) mass is 410 g/mol. The van der Waals surface area contributed by atoms with Crippen molar-refractivity contribution in [1.82, 2.24) is 4.98 Å². The molecule has 29 heavy (non-hydrogen) atoms. The zero-order chi connectivity index (χ0) is 21.0. The minimum Gasteiger partial charge on any atom is -0.497 e. The van der Waals surface area contributed by atoms with Gasteiger partial charge in [-0.15, -0.1) is 11.3 Å². The average molecular weight is 411 g/mol. The molecule has 0 saturated carbocycles. The van der Waals surface area contributed by atoms with E-state index >= 15 is 0 Å². The molecule has 2 aromatic carbocycles. The van der Waals surface area contributed by atoms with Gasteiger partial charge in [-0.25, -0.2) is 4.98 Å². The minimum absolute atomic E-state index is 0.0773. The zero-order valence-corrected chi connectivity index (χ0v) is 18.2. The maximum Gasteiger partial charge on any atom is 0.266 e. The van der Waals surface area contributed by atoms with Gasteiger partial charge in [-0.05, 0) is 54.3 Å². The molecule has 0 saturated heterocycles. The van der Waals surface area contributed by atoms with Crippen LogP contribution in [0.4, 0.5) is 5.13 Å². The van der Waals surface area contributed by atoms with Crippen molar-refractivity contribution in [1.29, 1.82) is 0 Å². The Hall–Kier alpha value is -2.86. The lowest BCUT2D eigenvalue weighted by atomic mass is 9.87. The summed E-state index contributed by atoms with van der Waals surface area (Å²) in [6.45, 7) is 8.21. The Kier molecular flexibility index (Phi) is 6.23. The fourth-order valence-corrected chi connectivity index (χ4v) is 3.45. The SMILES string of the molecule is COc1ccc(-c2csc(NC(=O)C(C)Oc3ccc(C(C)(C)C)cc3)n2)cc1. The van der Waals surface area contributed by atoms with Crippen LogP contribution < -0.4 is 14.8 Å². The van der Waals surface area contributed by atoms with Gasteiger partial charge < -0.3 is 9.47 Å². The maximum absolute atomic E-state index is 12.5. The number of aromatic nitrogens is 1. The Balaban J connectivity index is 1.60. The molecule has 0 aliphatic carbocycles. The van der Waals surface area contributed by atoms with E-state index in [0.717, 1.165) is 17.0 Å². The highest BCUT2D eigenvalue weighted by Crippen LogP contribution is 2.27. The predicted octanol–water partition coefficient (Wildman–Crippen LogP) is 5.52. The van der Waals surface area contributed by atoms with Crippen molar-refractivity contribution in [3.05, 3.63) is 59.5 Å². The molecule has 1 atom stereocenters. The highest BCUT2D eigenvalue weighted by atomic mass is 32.1. The highest BCUT2D eigenvalue weighted by molar-refractivity contribution is 7.14. The number of hydrogen-bond acceptors (Lipinski definition) is 5.